The largest absolute Gasteiger partial charge is 0.434 e. The highest BCUT2D eigenvalue weighted by Crippen LogP contribution is 2.20. The highest BCUT2D eigenvalue weighted by molar-refractivity contribution is 5.72. The maximum absolute atomic E-state index is 11.7. The van der Waals surface area contributed by atoms with Crippen LogP contribution in [-0.2, 0) is 9.53 Å². The van der Waals surface area contributed by atoms with Crippen LogP contribution in [-0.4, -0.2) is 5.97 Å². The number of carbonyl (C=O) groups is 1. The number of rotatable bonds is 7. The van der Waals surface area contributed by atoms with Crippen LogP contribution in [0.5, 0.6) is 0 Å². The smallest absolute Gasteiger partial charge is 0.310 e. The van der Waals surface area contributed by atoms with Gasteiger partial charge in [-0.3, -0.25) is 4.79 Å². The first-order valence-corrected chi connectivity index (χ1v) is 8.26. The SMILES string of the molecule is C=C(\C=C/C(/C=C/OC(=O)CCC(C)(C)C)=C\C)c1ccccc1. The number of allylic oxidation sites excluding steroid dienone is 6. The predicted molar refractivity (Wildman–Crippen MR) is 102 cm³/mol. The molecule has 0 spiro atoms. The minimum atomic E-state index is -0.200. The molecular formula is C22H28O2. The van der Waals surface area contributed by atoms with Gasteiger partial charge in [0.05, 0.1) is 6.26 Å². The van der Waals surface area contributed by atoms with Crippen LogP contribution < -0.4 is 0 Å². The Morgan fingerprint density at radius 2 is 1.79 bits per heavy atom. The molecule has 0 bridgehead atoms. The van der Waals surface area contributed by atoms with Crippen LogP contribution >= 0.6 is 0 Å². The monoisotopic (exact) mass is 324 g/mol. The minimum absolute atomic E-state index is 0.137. The lowest BCUT2D eigenvalue weighted by molar-refractivity contribution is -0.138. The summed E-state index contributed by atoms with van der Waals surface area (Å²) in [6, 6.07) is 10.0. The second kappa shape index (κ2) is 9.71. The quantitative estimate of drug-likeness (QED) is 0.345. The Morgan fingerprint density at radius 1 is 1.12 bits per heavy atom. The summed E-state index contributed by atoms with van der Waals surface area (Å²) in [6.07, 6.45) is 10.3. The number of ether oxygens (including phenoxy) is 1. The molecule has 0 saturated heterocycles. The molecule has 0 saturated carbocycles. The fraction of sp³-hybridized carbons (Fsp3) is 0.318. The summed E-state index contributed by atoms with van der Waals surface area (Å²) >= 11 is 0. The summed E-state index contributed by atoms with van der Waals surface area (Å²) in [5.41, 5.74) is 3.11. The van der Waals surface area contributed by atoms with Gasteiger partial charge in [0.25, 0.3) is 0 Å². The van der Waals surface area contributed by atoms with E-state index in [0.717, 1.165) is 23.1 Å². The fourth-order valence-electron chi connectivity index (χ4n) is 1.92. The van der Waals surface area contributed by atoms with Crippen molar-refractivity contribution in [1.29, 1.82) is 0 Å². The Bertz CT molecular complexity index is 626. The van der Waals surface area contributed by atoms with E-state index in [0.29, 0.717) is 6.42 Å². The van der Waals surface area contributed by atoms with Crippen LogP contribution in [0.2, 0.25) is 0 Å². The average molecular weight is 324 g/mol. The number of carbonyl (C=O) groups excluding carboxylic acids is 1. The number of hydrogen-bond donors (Lipinski definition) is 0. The fourth-order valence-corrected chi connectivity index (χ4v) is 1.92. The molecule has 2 heteroatoms. The number of esters is 1. The molecule has 24 heavy (non-hydrogen) atoms. The molecule has 0 aliphatic heterocycles. The van der Waals surface area contributed by atoms with E-state index >= 15 is 0 Å². The van der Waals surface area contributed by atoms with Gasteiger partial charge in [-0.15, -0.1) is 0 Å². The molecule has 0 fully saturated rings. The van der Waals surface area contributed by atoms with E-state index in [4.69, 9.17) is 4.74 Å². The molecule has 0 unspecified atom stereocenters. The van der Waals surface area contributed by atoms with Crippen molar-refractivity contribution in [2.24, 2.45) is 5.41 Å². The van der Waals surface area contributed by atoms with Crippen molar-refractivity contribution in [3.8, 4) is 0 Å². The van der Waals surface area contributed by atoms with Gasteiger partial charge in [0.2, 0.25) is 0 Å². The van der Waals surface area contributed by atoms with E-state index < -0.39 is 0 Å². The third-order valence-electron chi connectivity index (χ3n) is 3.49. The molecule has 0 amide bonds. The molecule has 0 aliphatic carbocycles. The third-order valence-corrected chi connectivity index (χ3v) is 3.49. The van der Waals surface area contributed by atoms with Crippen molar-refractivity contribution >= 4 is 11.5 Å². The van der Waals surface area contributed by atoms with Crippen molar-refractivity contribution in [3.63, 3.8) is 0 Å². The topological polar surface area (TPSA) is 26.3 Å². The molecule has 1 aromatic carbocycles. The van der Waals surface area contributed by atoms with E-state index in [2.05, 4.69) is 27.4 Å². The zero-order valence-corrected chi connectivity index (χ0v) is 15.2. The number of benzene rings is 1. The van der Waals surface area contributed by atoms with Gasteiger partial charge < -0.3 is 4.74 Å². The maximum atomic E-state index is 11.7. The standard InChI is InChI=1S/C22H28O2/c1-6-19(13-12-18(2)20-10-8-7-9-11-20)15-17-24-21(23)14-16-22(3,4)5/h6-13,15,17H,2,14,16H2,1,3-5H3/b13-12-,17-15+,19-6+. The first-order valence-electron chi connectivity index (χ1n) is 8.26. The van der Waals surface area contributed by atoms with Crippen molar-refractivity contribution < 1.29 is 9.53 Å². The summed E-state index contributed by atoms with van der Waals surface area (Å²) in [5.74, 6) is -0.200. The van der Waals surface area contributed by atoms with E-state index in [1.807, 2.05) is 55.5 Å². The van der Waals surface area contributed by atoms with E-state index in [1.165, 1.54) is 6.26 Å². The molecule has 0 aromatic heterocycles. The highest BCUT2D eigenvalue weighted by Gasteiger charge is 2.12. The predicted octanol–water partition coefficient (Wildman–Crippen LogP) is 6.09. The van der Waals surface area contributed by atoms with Gasteiger partial charge >= 0.3 is 5.97 Å². The van der Waals surface area contributed by atoms with Gasteiger partial charge in [0.1, 0.15) is 0 Å². The van der Waals surface area contributed by atoms with Crippen LogP contribution in [0.4, 0.5) is 0 Å². The summed E-state index contributed by atoms with van der Waals surface area (Å²) in [6.45, 7) is 12.3. The van der Waals surface area contributed by atoms with Crippen molar-refractivity contribution in [1.82, 2.24) is 0 Å². The second-order valence-corrected chi connectivity index (χ2v) is 6.87. The first kappa shape index (κ1) is 19.7. The summed E-state index contributed by atoms with van der Waals surface area (Å²) in [7, 11) is 0. The first-order chi connectivity index (χ1) is 11.3. The van der Waals surface area contributed by atoms with E-state index in [9.17, 15) is 4.79 Å². The molecule has 0 N–H and O–H groups in total. The Balaban J connectivity index is 2.51. The molecule has 0 heterocycles. The lowest BCUT2D eigenvalue weighted by atomic mass is 9.91. The van der Waals surface area contributed by atoms with Crippen LogP contribution in [0, 0.1) is 5.41 Å². The lowest BCUT2D eigenvalue weighted by Gasteiger charge is -2.16. The zero-order chi connectivity index (χ0) is 18.0. The lowest BCUT2D eigenvalue weighted by Crippen LogP contribution is -2.09. The summed E-state index contributed by atoms with van der Waals surface area (Å²) in [4.78, 5) is 11.7. The summed E-state index contributed by atoms with van der Waals surface area (Å²) in [5, 5.41) is 0. The molecule has 0 aliphatic rings. The normalized spacial score (nSPS) is 12.8. The minimum Gasteiger partial charge on any atom is -0.434 e. The molecule has 128 valence electrons. The Morgan fingerprint density at radius 3 is 2.38 bits per heavy atom. The van der Waals surface area contributed by atoms with Crippen LogP contribution in [0.15, 0.2) is 73.1 Å². The second-order valence-electron chi connectivity index (χ2n) is 6.87. The summed E-state index contributed by atoms with van der Waals surface area (Å²) < 4.78 is 5.14. The molecule has 0 radical (unpaired) electrons. The van der Waals surface area contributed by atoms with Gasteiger partial charge in [-0.1, -0.05) is 75.9 Å². The van der Waals surface area contributed by atoms with Gasteiger partial charge in [-0.05, 0) is 41.5 Å². The van der Waals surface area contributed by atoms with Crippen LogP contribution in [0.25, 0.3) is 5.57 Å². The Labute approximate surface area is 146 Å². The van der Waals surface area contributed by atoms with Gasteiger partial charge in [-0.2, -0.15) is 0 Å². The molecule has 0 atom stereocenters. The highest BCUT2D eigenvalue weighted by atomic mass is 16.5. The van der Waals surface area contributed by atoms with Crippen molar-refractivity contribution in [2.75, 3.05) is 0 Å². The Hall–Kier alpha value is -2.35. The van der Waals surface area contributed by atoms with Gasteiger partial charge in [0.15, 0.2) is 0 Å². The van der Waals surface area contributed by atoms with Crippen LogP contribution in [0.1, 0.15) is 46.1 Å². The zero-order valence-electron chi connectivity index (χ0n) is 15.2. The average Bonchev–Trinajstić information content (AvgIpc) is 2.56. The molecule has 1 rings (SSSR count). The molecule has 2 nitrogen and oxygen atoms in total. The van der Waals surface area contributed by atoms with Gasteiger partial charge in [-0.25, -0.2) is 0 Å². The Kier molecular flexibility index (Phi) is 7.97. The van der Waals surface area contributed by atoms with Gasteiger partial charge in [0, 0.05) is 6.42 Å². The maximum Gasteiger partial charge on any atom is 0.310 e. The third kappa shape index (κ3) is 8.33. The van der Waals surface area contributed by atoms with E-state index in [1.54, 1.807) is 6.08 Å². The van der Waals surface area contributed by atoms with Crippen molar-refractivity contribution in [2.45, 2.75) is 40.5 Å². The van der Waals surface area contributed by atoms with Crippen LogP contribution in [0.3, 0.4) is 0 Å². The van der Waals surface area contributed by atoms with E-state index in [-0.39, 0.29) is 11.4 Å². The number of hydrogen-bond acceptors (Lipinski definition) is 2. The molecule has 1 aromatic rings. The van der Waals surface area contributed by atoms with Crippen molar-refractivity contribution in [3.05, 3.63) is 78.6 Å². The molecular weight excluding hydrogens is 296 g/mol.